The first-order valence-electron chi connectivity index (χ1n) is 12.2. The van der Waals surface area contributed by atoms with Crippen LogP contribution in [0, 0.1) is 11.6 Å². The molecular weight excluding hydrogens is 510 g/mol. The largest absolute Gasteiger partial charge is 0.369 e. The predicted octanol–water partition coefficient (Wildman–Crippen LogP) is 4.70. The second-order valence-corrected chi connectivity index (χ2v) is 11.6. The molecule has 0 spiro atoms. The summed E-state index contributed by atoms with van der Waals surface area (Å²) in [5.41, 5.74) is 0.276. The number of aromatic nitrogens is 3. The van der Waals surface area contributed by atoms with E-state index in [4.69, 9.17) is 0 Å². The smallest absolute Gasteiger partial charge is 0.255 e. The number of hydrogen-bond acceptors (Lipinski definition) is 5. The molecular formula is C25H27F4N5O2S. The highest BCUT2D eigenvalue weighted by atomic mass is 32.2. The lowest BCUT2D eigenvalue weighted by Crippen LogP contribution is -2.49. The average molecular weight is 538 g/mol. The molecule has 5 rings (SSSR count). The van der Waals surface area contributed by atoms with Crippen molar-refractivity contribution in [2.75, 3.05) is 18.0 Å². The standard InChI is InChI=1S/C25H27F4N5O2S/c26-20-13-23(32-10-8-19(9-11-32)33-15-30-31-16-33)21(27)12-18(20)14-34-22(25(28)29)6-7-24(37(34,35)36)17-4-2-1-3-5-17/h1-5,12-13,15-16,19,22,24-25H,6-11,14H2/t22?,24-/m1/s1. The fraction of sp³-hybridized carbons (Fsp3) is 0.440. The second-order valence-electron chi connectivity index (χ2n) is 9.49. The third kappa shape index (κ3) is 5.08. The molecule has 7 nitrogen and oxygen atoms in total. The number of piperidine rings is 1. The number of alkyl halides is 2. The second kappa shape index (κ2) is 10.4. The number of benzene rings is 2. The summed E-state index contributed by atoms with van der Waals surface area (Å²) in [6, 6.07) is 8.86. The van der Waals surface area contributed by atoms with Crippen molar-refractivity contribution in [3.63, 3.8) is 0 Å². The van der Waals surface area contributed by atoms with Gasteiger partial charge in [0.05, 0.1) is 11.7 Å². The minimum Gasteiger partial charge on any atom is -0.369 e. The van der Waals surface area contributed by atoms with Gasteiger partial charge in [-0.1, -0.05) is 30.3 Å². The van der Waals surface area contributed by atoms with Crippen LogP contribution in [0.3, 0.4) is 0 Å². The quantitative estimate of drug-likeness (QED) is 0.427. The van der Waals surface area contributed by atoms with E-state index in [1.54, 1.807) is 47.9 Å². The average Bonchev–Trinajstić information content (AvgIpc) is 3.42. The lowest BCUT2D eigenvalue weighted by molar-refractivity contribution is 0.0472. The first kappa shape index (κ1) is 25.7. The molecule has 0 amide bonds. The summed E-state index contributed by atoms with van der Waals surface area (Å²) >= 11 is 0. The molecule has 0 bridgehead atoms. The Kier molecular flexibility index (Phi) is 7.21. The van der Waals surface area contributed by atoms with Gasteiger partial charge in [-0.2, -0.15) is 4.31 Å². The lowest BCUT2D eigenvalue weighted by atomic mass is 10.0. The van der Waals surface area contributed by atoms with Crippen molar-refractivity contribution in [2.45, 2.75) is 56.0 Å². The Morgan fingerprint density at radius 1 is 0.919 bits per heavy atom. The van der Waals surface area contributed by atoms with Gasteiger partial charge in [0.1, 0.15) is 29.5 Å². The van der Waals surface area contributed by atoms with Gasteiger partial charge in [-0.05, 0) is 37.3 Å². The van der Waals surface area contributed by atoms with E-state index in [1.165, 1.54) is 0 Å². The van der Waals surface area contributed by atoms with E-state index in [2.05, 4.69) is 10.2 Å². The van der Waals surface area contributed by atoms with Crippen LogP contribution >= 0.6 is 0 Å². The number of sulfonamides is 1. The maximum absolute atomic E-state index is 15.2. The van der Waals surface area contributed by atoms with Crippen molar-refractivity contribution in [3.05, 3.63) is 77.9 Å². The lowest BCUT2D eigenvalue weighted by Gasteiger charge is -2.39. The van der Waals surface area contributed by atoms with Gasteiger partial charge in [-0.15, -0.1) is 10.2 Å². The van der Waals surface area contributed by atoms with Crippen molar-refractivity contribution in [1.29, 1.82) is 0 Å². The molecule has 2 aliphatic rings. The summed E-state index contributed by atoms with van der Waals surface area (Å²) in [5, 5.41) is 6.58. The van der Waals surface area contributed by atoms with E-state index in [0.29, 0.717) is 35.8 Å². The minimum atomic E-state index is -4.26. The Morgan fingerprint density at radius 2 is 1.59 bits per heavy atom. The fourth-order valence-electron chi connectivity index (χ4n) is 5.34. The zero-order valence-electron chi connectivity index (χ0n) is 19.9. The number of anilines is 1. The van der Waals surface area contributed by atoms with Crippen LogP contribution in [-0.2, 0) is 16.6 Å². The molecule has 0 N–H and O–H groups in total. The Bertz CT molecular complexity index is 1320. The van der Waals surface area contributed by atoms with Gasteiger partial charge in [0.2, 0.25) is 10.0 Å². The number of halogens is 4. The summed E-state index contributed by atoms with van der Waals surface area (Å²) in [4.78, 5) is 1.73. The Morgan fingerprint density at radius 3 is 2.24 bits per heavy atom. The molecule has 1 aromatic heterocycles. The van der Waals surface area contributed by atoms with Crippen LogP contribution < -0.4 is 4.90 Å². The molecule has 2 aromatic carbocycles. The summed E-state index contributed by atoms with van der Waals surface area (Å²) in [5.74, 6) is -1.55. The summed E-state index contributed by atoms with van der Waals surface area (Å²) in [6.45, 7) is 0.288. The first-order valence-corrected chi connectivity index (χ1v) is 13.7. The van der Waals surface area contributed by atoms with E-state index in [9.17, 15) is 17.2 Å². The number of hydrogen-bond donors (Lipinski definition) is 0. The van der Waals surface area contributed by atoms with Crippen molar-refractivity contribution in [2.24, 2.45) is 0 Å². The maximum Gasteiger partial charge on any atom is 0.255 e. The molecule has 37 heavy (non-hydrogen) atoms. The highest BCUT2D eigenvalue weighted by Crippen LogP contribution is 2.40. The van der Waals surface area contributed by atoms with Crippen molar-refractivity contribution in [3.8, 4) is 0 Å². The van der Waals surface area contributed by atoms with Crippen molar-refractivity contribution in [1.82, 2.24) is 19.1 Å². The summed E-state index contributed by atoms with van der Waals surface area (Å²) in [7, 11) is -4.26. The zero-order valence-corrected chi connectivity index (χ0v) is 20.7. The minimum absolute atomic E-state index is 0.0265. The Labute approximate surface area is 212 Å². The van der Waals surface area contributed by atoms with Crippen molar-refractivity contribution < 1.29 is 26.0 Å². The van der Waals surface area contributed by atoms with Crippen molar-refractivity contribution >= 4 is 15.7 Å². The van der Waals surface area contributed by atoms with E-state index < -0.39 is 45.9 Å². The van der Waals surface area contributed by atoms with Gasteiger partial charge < -0.3 is 9.47 Å². The molecule has 0 aliphatic carbocycles. The molecule has 2 atom stereocenters. The van der Waals surface area contributed by atoms with Gasteiger partial charge >= 0.3 is 0 Å². The maximum atomic E-state index is 15.2. The summed E-state index contributed by atoms with van der Waals surface area (Å²) < 4.78 is 87.5. The van der Waals surface area contributed by atoms with Crippen LogP contribution in [0.5, 0.6) is 0 Å². The molecule has 1 unspecified atom stereocenters. The predicted molar refractivity (Wildman–Crippen MR) is 130 cm³/mol. The van der Waals surface area contributed by atoms with E-state index in [-0.39, 0.29) is 30.1 Å². The molecule has 2 aliphatic heterocycles. The Balaban J connectivity index is 1.37. The normalized spacial score (nSPS) is 23.0. The first-order chi connectivity index (χ1) is 17.8. The van der Waals surface area contributed by atoms with Gasteiger partial charge in [0.15, 0.2) is 0 Å². The molecule has 2 saturated heterocycles. The van der Waals surface area contributed by atoms with E-state index >= 15 is 8.78 Å². The highest BCUT2D eigenvalue weighted by Gasteiger charge is 2.45. The number of rotatable bonds is 6. The molecule has 2 fully saturated rings. The van der Waals surface area contributed by atoms with Crippen LogP contribution in [0.25, 0.3) is 0 Å². The van der Waals surface area contributed by atoms with Crippen LogP contribution in [-0.4, -0.2) is 53.0 Å². The molecule has 3 heterocycles. The molecule has 0 radical (unpaired) electrons. The van der Waals surface area contributed by atoms with Gasteiger partial charge in [-0.25, -0.2) is 26.0 Å². The fourth-order valence-corrected chi connectivity index (χ4v) is 7.50. The monoisotopic (exact) mass is 537 g/mol. The Hall–Kier alpha value is -2.99. The SMILES string of the molecule is O=S1(=O)[C@@H](c2ccccc2)CCC(C(F)F)N1Cc1cc(F)c(N2CCC(n3cnnc3)CC2)cc1F. The zero-order chi connectivity index (χ0) is 26.2. The van der Waals surface area contributed by atoms with Crippen LogP contribution in [0.1, 0.15) is 48.1 Å². The molecule has 12 heteroatoms. The third-order valence-corrected chi connectivity index (χ3v) is 9.63. The van der Waals surface area contributed by atoms with Crippen LogP contribution in [0.4, 0.5) is 23.2 Å². The van der Waals surface area contributed by atoms with Gasteiger partial charge in [0.25, 0.3) is 6.43 Å². The summed E-state index contributed by atoms with van der Waals surface area (Å²) in [6.07, 6.45) is 1.61. The molecule has 3 aromatic rings. The molecule has 198 valence electrons. The number of nitrogens with zero attached hydrogens (tertiary/aromatic N) is 5. The highest BCUT2D eigenvalue weighted by molar-refractivity contribution is 7.89. The van der Waals surface area contributed by atoms with Gasteiger partial charge in [0, 0.05) is 37.3 Å². The van der Waals surface area contributed by atoms with Crippen LogP contribution in [0.2, 0.25) is 0 Å². The third-order valence-electron chi connectivity index (χ3n) is 7.35. The van der Waals surface area contributed by atoms with Gasteiger partial charge in [-0.3, -0.25) is 0 Å². The van der Waals surface area contributed by atoms with E-state index in [0.717, 1.165) is 12.1 Å². The van der Waals surface area contributed by atoms with E-state index in [1.807, 2.05) is 4.57 Å². The topological polar surface area (TPSA) is 71.3 Å². The van der Waals surface area contributed by atoms with Crippen LogP contribution in [0.15, 0.2) is 55.1 Å². The molecule has 0 saturated carbocycles.